The largest absolute Gasteiger partial charge is 0.344 e. The second-order valence-electron chi connectivity index (χ2n) is 12.3. The first-order chi connectivity index (χ1) is 22.5. The van der Waals surface area contributed by atoms with Gasteiger partial charge in [0.1, 0.15) is 6.04 Å². The first-order valence-corrected chi connectivity index (χ1v) is 17.7. The van der Waals surface area contributed by atoms with Gasteiger partial charge in [0.15, 0.2) is 0 Å². The fraction of sp³-hybridized carbons (Fsp3) is 0.400. The van der Waals surface area contributed by atoms with Crippen LogP contribution in [0.1, 0.15) is 50.7 Å². The number of carbonyl (C=O) groups excluding carboxylic acids is 2. The smallest absolute Gasteiger partial charge is 0.271 e. The van der Waals surface area contributed by atoms with Crippen molar-refractivity contribution in [1.82, 2.24) is 19.8 Å². The predicted octanol–water partition coefficient (Wildman–Crippen LogP) is 4.72. The van der Waals surface area contributed by atoms with Crippen molar-refractivity contribution in [1.29, 1.82) is 0 Å². The van der Waals surface area contributed by atoms with Crippen molar-refractivity contribution in [2.75, 3.05) is 25.0 Å². The first kappa shape index (κ1) is 36.9. The Kier molecular flexibility index (Phi) is 12.2. The molecule has 1 aliphatic carbocycles. The van der Waals surface area contributed by atoms with Crippen molar-refractivity contribution in [3.8, 4) is 11.1 Å². The summed E-state index contributed by atoms with van der Waals surface area (Å²) in [6.07, 6.45) is 3.53. The Hall–Kier alpha value is -3.97. The van der Waals surface area contributed by atoms with Crippen LogP contribution in [0.15, 0.2) is 70.4 Å². The van der Waals surface area contributed by atoms with Gasteiger partial charge in [-0.25, -0.2) is 8.42 Å². The Balaban J connectivity index is 0.00000520. The molecule has 1 saturated carbocycles. The van der Waals surface area contributed by atoms with Crippen LogP contribution in [-0.4, -0.2) is 60.4 Å². The van der Waals surface area contributed by atoms with E-state index in [9.17, 15) is 22.8 Å². The molecule has 4 aromatic rings. The van der Waals surface area contributed by atoms with Gasteiger partial charge in [-0.05, 0) is 97.7 Å². The van der Waals surface area contributed by atoms with Gasteiger partial charge >= 0.3 is 0 Å². The number of anilines is 1. The molecule has 0 bridgehead atoms. The molecule has 1 fully saturated rings. The minimum atomic E-state index is -3.57. The van der Waals surface area contributed by atoms with Gasteiger partial charge in [0, 0.05) is 31.1 Å². The van der Waals surface area contributed by atoms with Gasteiger partial charge in [0.2, 0.25) is 21.8 Å². The second-order valence-corrected chi connectivity index (χ2v) is 14.2. The molecule has 1 atom stereocenters. The van der Waals surface area contributed by atoms with E-state index in [0.717, 1.165) is 47.9 Å². The number of amides is 2. The molecule has 258 valence electrons. The highest BCUT2D eigenvalue weighted by Crippen LogP contribution is 2.30. The first-order valence-electron chi connectivity index (χ1n) is 16.3. The molecule has 0 saturated heterocycles. The highest BCUT2D eigenvalue weighted by Gasteiger charge is 2.29. The Bertz CT molecular complexity index is 1890. The van der Waals surface area contributed by atoms with Crippen LogP contribution >= 0.6 is 12.4 Å². The van der Waals surface area contributed by atoms with Crippen LogP contribution in [0, 0.1) is 18.8 Å². The summed E-state index contributed by atoms with van der Waals surface area (Å²) in [4.78, 5) is 39.2. The number of aromatic nitrogens is 2. The molecule has 2 amide bonds. The van der Waals surface area contributed by atoms with Gasteiger partial charge in [-0.15, -0.1) is 12.4 Å². The van der Waals surface area contributed by atoms with Crippen LogP contribution in [0.25, 0.3) is 22.0 Å². The van der Waals surface area contributed by atoms with Crippen LogP contribution in [0.3, 0.4) is 0 Å². The zero-order valence-electron chi connectivity index (χ0n) is 27.5. The second kappa shape index (κ2) is 16.0. The average Bonchev–Trinajstić information content (AvgIpc) is 3.44. The molecular weight excluding hydrogens is 652 g/mol. The fourth-order valence-electron chi connectivity index (χ4n) is 6.39. The van der Waals surface area contributed by atoms with Crippen molar-refractivity contribution >= 4 is 50.8 Å². The zero-order chi connectivity index (χ0) is 33.7. The standard InChI is InChI=1S/C35H44N6O5S.ClH/c1-4-41(5-2)47(45,46)28-15-17-29(22(3)18-28)25-10-6-23(7-11-25)19-32(38-33(42)26-12-8-24(21-36)9-13-26)35(44)37-27-14-16-30-31(20-27)39-40-34(30)43;/h6-7,10-11,14-18,20,24,26,32H,4-5,8-9,12-13,19,21,36H2,1-3H3,(H,37,44)(H,38,42)(H2,39,40,43);1H/t24-,26-,32-;/m0./s1. The Labute approximate surface area is 287 Å². The summed E-state index contributed by atoms with van der Waals surface area (Å²) in [7, 11) is -3.57. The van der Waals surface area contributed by atoms with E-state index in [1.807, 2.05) is 51.1 Å². The molecule has 11 nitrogen and oxygen atoms in total. The number of H-pyrrole nitrogens is 2. The van der Waals surface area contributed by atoms with E-state index in [-0.39, 0.29) is 47.0 Å². The molecule has 48 heavy (non-hydrogen) atoms. The van der Waals surface area contributed by atoms with Gasteiger partial charge < -0.3 is 16.4 Å². The highest BCUT2D eigenvalue weighted by molar-refractivity contribution is 7.89. The minimum absolute atomic E-state index is 0. The van der Waals surface area contributed by atoms with Crippen molar-refractivity contribution in [2.45, 2.75) is 63.8 Å². The maximum atomic E-state index is 13.6. The molecule has 13 heteroatoms. The molecule has 0 aliphatic heterocycles. The van der Waals surface area contributed by atoms with E-state index in [2.05, 4.69) is 20.8 Å². The molecule has 1 aliphatic rings. The number of hydrogen-bond acceptors (Lipinski definition) is 6. The number of hydrogen-bond donors (Lipinski definition) is 5. The number of rotatable bonds is 12. The van der Waals surface area contributed by atoms with Crippen LogP contribution < -0.4 is 21.9 Å². The third-order valence-corrected chi connectivity index (χ3v) is 11.3. The summed E-state index contributed by atoms with van der Waals surface area (Å²) in [6.45, 7) is 6.95. The summed E-state index contributed by atoms with van der Waals surface area (Å²) in [6, 6.07) is 17.0. The van der Waals surface area contributed by atoms with Gasteiger partial charge in [0.05, 0.1) is 15.8 Å². The quantitative estimate of drug-likeness (QED) is 0.144. The van der Waals surface area contributed by atoms with Crippen molar-refractivity contribution < 1.29 is 18.0 Å². The van der Waals surface area contributed by atoms with Gasteiger partial charge in [0.25, 0.3) is 5.56 Å². The summed E-state index contributed by atoms with van der Waals surface area (Å²) in [5.41, 5.74) is 10.2. The molecule has 1 heterocycles. The Morgan fingerprint density at radius 1 is 0.958 bits per heavy atom. The number of halogens is 1. The van der Waals surface area contributed by atoms with Gasteiger partial charge in [-0.3, -0.25) is 24.6 Å². The molecule has 0 spiro atoms. The Morgan fingerprint density at radius 3 is 2.27 bits per heavy atom. The number of nitrogens with zero attached hydrogens (tertiary/aromatic N) is 1. The maximum Gasteiger partial charge on any atom is 0.271 e. The van der Waals surface area contributed by atoms with E-state index < -0.39 is 16.1 Å². The number of benzene rings is 3. The molecular formula is C35H45ClN6O5S. The molecule has 0 radical (unpaired) electrons. The maximum absolute atomic E-state index is 13.6. The van der Waals surface area contributed by atoms with Gasteiger partial charge in [-0.1, -0.05) is 44.2 Å². The summed E-state index contributed by atoms with van der Waals surface area (Å²) in [5, 5.41) is 11.7. The molecule has 3 aromatic carbocycles. The van der Waals surface area contributed by atoms with Crippen LogP contribution in [0.4, 0.5) is 5.69 Å². The van der Waals surface area contributed by atoms with Crippen molar-refractivity contribution in [3.05, 3.63) is 82.1 Å². The number of fused-ring (bicyclic) bond motifs is 1. The summed E-state index contributed by atoms with van der Waals surface area (Å²) >= 11 is 0. The molecule has 5 rings (SSSR count). The van der Waals surface area contributed by atoms with Gasteiger partial charge in [-0.2, -0.15) is 4.31 Å². The van der Waals surface area contributed by atoms with E-state index in [0.29, 0.717) is 42.1 Å². The van der Waals surface area contributed by atoms with Crippen LogP contribution in [0.2, 0.25) is 0 Å². The monoisotopic (exact) mass is 696 g/mol. The predicted molar refractivity (Wildman–Crippen MR) is 192 cm³/mol. The van der Waals surface area contributed by atoms with E-state index >= 15 is 0 Å². The van der Waals surface area contributed by atoms with Crippen molar-refractivity contribution in [2.24, 2.45) is 17.6 Å². The molecule has 6 N–H and O–H groups in total. The summed E-state index contributed by atoms with van der Waals surface area (Å²) in [5.74, 6) is -0.250. The van der Waals surface area contributed by atoms with E-state index in [4.69, 9.17) is 5.73 Å². The lowest BCUT2D eigenvalue weighted by atomic mass is 9.81. The van der Waals surface area contributed by atoms with E-state index in [1.165, 1.54) is 4.31 Å². The summed E-state index contributed by atoms with van der Waals surface area (Å²) < 4.78 is 27.5. The normalized spacial score (nSPS) is 17.1. The zero-order valence-corrected chi connectivity index (χ0v) is 29.2. The Morgan fingerprint density at radius 2 is 1.65 bits per heavy atom. The topological polar surface area (TPSA) is 170 Å². The number of nitrogens with one attached hydrogen (secondary N) is 4. The minimum Gasteiger partial charge on any atom is -0.344 e. The number of sulfonamides is 1. The van der Waals surface area contributed by atoms with E-state index in [1.54, 1.807) is 30.3 Å². The highest BCUT2D eigenvalue weighted by atomic mass is 35.5. The number of aryl methyl sites for hydroxylation is 1. The van der Waals surface area contributed by atoms with Crippen LogP contribution in [-0.2, 0) is 26.0 Å². The number of aromatic amines is 2. The fourth-order valence-corrected chi connectivity index (χ4v) is 7.94. The lowest BCUT2D eigenvalue weighted by Gasteiger charge is -2.28. The molecule has 1 aromatic heterocycles. The van der Waals surface area contributed by atoms with Crippen LogP contribution in [0.5, 0.6) is 0 Å². The van der Waals surface area contributed by atoms with Crippen molar-refractivity contribution in [3.63, 3.8) is 0 Å². The lowest BCUT2D eigenvalue weighted by molar-refractivity contribution is -0.130. The number of nitrogens with two attached hydrogens (primary N) is 1. The third kappa shape index (κ3) is 8.18. The SMILES string of the molecule is CCN(CC)S(=O)(=O)c1ccc(-c2ccc(C[C@H](NC(=O)[C@H]3CC[C@H](CN)CC3)C(=O)Nc3ccc4c(=O)[nH][nH]c4c3)cc2)c(C)c1.Cl. The lowest BCUT2D eigenvalue weighted by Crippen LogP contribution is -2.48. The third-order valence-electron chi connectivity index (χ3n) is 9.27. The number of carbonyl (C=O) groups is 2. The average molecular weight is 697 g/mol. The molecule has 0 unspecified atom stereocenters.